The zero-order valence-electron chi connectivity index (χ0n) is 20.0. The maximum absolute atomic E-state index is 12.9. The Kier molecular flexibility index (Phi) is 7.25. The monoisotopic (exact) mass is 491 g/mol. The fourth-order valence-electron chi connectivity index (χ4n) is 3.97. The van der Waals surface area contributed by atoms with Crippen LogP contribution in [0.3, 0.4) is 0 Å². The van der Waals surface area contributed by atoms with Gasteiger partial charge >= 0.3 is 0 Å². The quantitative estimate of drug-likeness (QED) is 0.254. The number of fused-ring (bicyclic) bond motifs is 1. The number of Topliss-reactive ketones (excluding diaryl/α,β-unsaturated/α-hetero) is 1. The molecule has 3 aromatic rings. The Bertz CT molecular complexity index is 1310. The summed E-state index contributed by atoms with van der Waals surface area (Å²) < 4.78 is 0.871. The molecule has 1 fully saturated rings. The second kappa shape index (κ2) is 10.4. The van der Waals surface area contributed by atoms with Crippen molar-refractivity contribution in [2.45, 2.75) is 45.1 Å². The number of hydrogen-bond acceptors (Lipinski definition) is 7. The molecule has 4 N–H and O–H groups in total. The van der Waals surface area contributed by atoms with Crippen LogP contribution in [0.2, 0.25) is 0 Å². The molecular weight excluding hydrogens is 462 g/mol. The normalized spacial score (nSPS) is 13.8. The molecule has 1 heterocycles. The molecule has 9 heteroatoms. The number of amides is 2. The summed E-state index contributed by atoms with van der Waals surface area (Å²) in [6.07, 6.45) is 3.44. The van der Waals surface area contributed by atoms with E-state index in [-0.39, 0.29) is 30.7 Å². The molecule has 35 heavy (non-hydrogen) atoms. The number of benzene rings is 2. The van der Waals surface area contributed by atoms with Crippen LogP contribution in [0.1, 0.15) is 48.2 Å². The molecule has 4 rings (SSSR count). The summed E-state index contributed by atoms with van der Waals surface area (Å²) in [7, 11) is 1.82. The van der Waals surface area contributed by atoms with E-state index in [9.17, 15) is 14.4 Å². The molecule has 2 aromatic carbocycles. The van der Waals surface area contributed by atoms with E-state index in [4.69, 9.17) is 5.41 Å². The number of aromatic nitrogens is 1. The number of rotatable bonds is 10. The van der Waals surface area contributed by atoms with Gasteiger partial charge in [-0.2, -0.15) is 0 Å². The van der Waals surface area contributed by atoms with Crippen molar-refractivity contribution in [3.8, 4) is 11.1 Å². The van der Waals surface area contributed by atoms with E-state index >= 15 is 0 Å². The van der Waals surface area contributed by atoms with E-state index in [2.05, 4.69) is 20.9 Å². The smallest absolute Gasteiger partial charge is 0.239 e. The SMILES string of the molecule is CCC(=O)C(C(=O)NCC(=O)NC1CC1)c1nc2cc(C)c(-c3ccc(C=N)c(NC)c3)cc2s1. The van der Waals surface area contributed by atoms with Gasteiger partial charge in [0.1, 0.15) is 10.9 Å². The Morgan fingerprint density at radius 3 is 2.66 bits per heavy atom. The Labute approximate surface area is 208 Å². The average molecular weight is 492 g/mol. The predicted octanol–water partition coefficient (Wildman–Crippen LogP) is 3.77. The first-order chi connectivity index (χ1) is 16.8. The zero-order chi connectivity index (χ0) is 25.1. The third kappa shape index (κ3) is 5.40. The highest BCUT2D eigenvalue weighted by Gasteiger charge is 2.31. The van der Waals surface area contributed by atoms with Crippen LogP contribution < -0.4 is 16.0 Å². The number of ketones is 1. The highest BCUT2D eigenvalue weighted by Crippen LogP contribution is 2.35. The van der Waals surface area contributed by atoms with Crippen molar-refractivity contribution in [3.63, 3.8) is 0 Å². The lowest BCUT2D eigenvalue weighted by atomic mass is 9.98. The number of hydrogen-bond donors (Lipinski definition) is 4. The highest BCUT2D eigenvalue weighted by atomic mass is 32.1. The number of thiazole rings is 1. The second-order valence-corrected chi connectivity index (χ2v) is 9.76. The van der Waals surface area contributed by atoms with Gasteiger partial charge < -0.3 is 21.4 Å². The number of anilines is 1. The van der Waals surface area contributed by atoms with Gasteiger partial charge in [-0.1, -0.05) is 19.1 Å². The molecule has 8 nitrogen and oxygen atoms in total. The largest absolute Gasteiger partial charge is 0.388 e. The number of nitrogens with one attached hydrogen (secondary N) is 4. The van der Waals surface area contributed by atoms with E-state index in [0.717, 1.165) is 51.0 Å². The van der Waals surface area contributed by atoms with Gasteiger partial charge in [0.25, 0.3) is 0 Å². The van der Waals surface area contributed by atoms with Crippen molar-refractivity contribution in [1.29, 1.82) is 5.41 Å². The lowest BCUT2D eigenvalue weighted by Gasteiger charge is -2.12. The van der Waals surface area contributed by atoms with Crippen molar-refractivity contribution in [2.75, 3.05) is 18.9 Å². The van der Waals surface area contributed by atoms with Crippen LogP contribution in [0.4, 0.5) is 5.69 Å². The first-order valence-corrected chi connectivity index (χ1v) is 12.5. The Balaban J connectivity index is 1.63. The van der Waals surface area contributed by atoms with Gasteiger partial charge in [-0.25, -0.2) is 4.98 Å². The summed E-state index contributed by atoms with van der Waals surface area (Å²) in [5, 5.41) is 16.6. The maximum Gasteiger partial charge on any atom is 0.239 e. The number of carbonyl (C=O) groups is 3. The third-order valence-corrected chi connectivity index (χ3v) is 7.17. The molecule has 0 spiro atoms. The van der Waals surface area contributed by atoms with Crippen LogP contribution in [0.25, 0.3) is 21.3 Å². The standard InChI is InChI=1S/C26H29N5O3S/c1-4-21(32)24(25(34)29-13-23(33)30-17-7-8-17)26-31-20-9-14(2)18(11-22(20)35-26)15-5-6-16(12-27)19(10-15)28-3/h5-6,9-12,17,24,27-28H,4,7-8,13H2,1-3H3,(H,29,34)(H,30,33). The fourth-order valence-corrected chi connectivity index (χ4v) is 5.08. The summed E-state index contributed by atoms with van der Waals surface area (Å²) in [5.74, 6) is -2.03. The molecule has 0 saturated heterocycles. The number of nitrogens with zero attached hydrogens (tertiary/aromatic N) is 1. The van der Waals surface area contributed by atoms with Crippen molar-refractivity contribution in [2.24, 2.45) is 0 Å². The maximum atomic E-state index is 12.9. The molecule has 1 aliphatic carbocycles. The minimum Gasteiger partial charge on any atom is -0.388 e. The molecule has 0 aliphatic heterocycles. The molecular formula is C26H29N5O3S. The molecule has 0 bridgehead atoms. The Morgan fingerprint density at radius 2 is 2.00 bits per heavy atom. The van der Waals surface area contributed by atoms with Gasteiger partial charge in [0.15, 0.2) is 5.78 Å². The van der Waals surface area contributed by atoms with E-state index in [1.807, 2.05) is 44.3 Å². The van der Waals surface area contributed by atoms with Crippen LogP contribution in [-0.2, 0) is 14.4 Å². The summed E-state index contributed by atoms with van der Waals surface area (Å²) >= 11 is 1.32. The van der Waals surface area contributed by atoms with Crippen molar-refractivity contribution >= 4 is 51.1 Å². The van der Waals surface area contributed by atoms with Gasteiger partial charge in [-0.3, -0.25) is 14.4 Å². The molecule has 1 aliphatic rings. The zero-order valence-corrected chi connectivity index (χ0v) is 20.8. The molecule has 1 atom stereocenters. The lowest BCUT2D eigenvalue weighted by Crippen LogP contribution is -2.41. The van der Waals surface area contributed by atoms with Crippen LogP contribution in [-0.4, -0.2) is 48.4 Å². The summed E-state index contributed by atoms with van der Waals surface area (Å²) in [6.45, 7) is 3.56. The second-order valence-electron chi connectivity index (χ2n) is 8.70. The predicted molar refractivity (Wildman–Crippen MR) is 139 cm³/mol. The molecule has 1 saturated carbocycles. The topological polar surface area (TPSA) is 124 Å². The lowest BCUT2D eigenvalue weighted by molar-refractivity contribution is -0.132. The van der Waals surface area contributed by atoms with Gasteiger partial charge in [0.2, 0.25) is 11.8 Å². The van der Waals surface area contributed by atoms with Crippen LogP contribution >= 0.6 is 11.3 Å². The first-order valence-electron chi connectivity index (χ1n) is 11.7. The van der Waals surface area contributed by atoms with Crippen molar-refractivity contribution < 1.29 is 14.4 Å². The highest BCUT2D eigenvalue weighted by molar-refractivity contribution is 7.18. The van der Waals surface area contributed by atoms with Crippen LogP contribution in [0.5, 0.6) is 0 Å². The van der Waals surface area contributed by atoms with Crippen molar-refractivity contribution in [1.82, 2.24) is 15.6 Å². The molecule has 0 radical (unpaired) electrons. The van der Waals surface area contributed by atoms with E-state index in [0.29, 0.717) is 5.01 Å². The Morgan fingerprint density at radius 1 is 1.23 bits per heavy atom. The summed E-state index contributed by atoms with van der Waals surface area (Å²) in [4.78, 5) is 42.3. The Hall–Kier alpha value is -3.59. The van der Waals surface area contributed by atoms with Gasteiger partial charge in [-0.15, -0.1) is 11.3 Å². The summed E-state index contributed by atoms with van der Waals surface area (Å²) in [6, 6.07) is 10.1. The summed E-state index contributed by atoms with van der Waals surface area (Å²) in [5.41, 5.74) is 5.41. The van der Waals surface area contributed by atoms with Gasteiger partial charge in [0, 0.05) is 37.0 Å². The first kappa shape index (κ1) is 24.5. The van der Waals surface area contributed by atoms with Gasteiger partial charge in [0.05, 0.1) is 16.8 Å². The minimum absolute atomic E-state index is 0.156. The van der Waals surface area contributed by atoms with Crippen LogP contribution in [0.15, 0.2) is 30.3 Å². The van der Waals surface area contributed by atoms with E-state index in [1.165, 1.54) is 17.6 Å². The van der Waals surface area contributed by atoms with Crippen molar-refractivity contribution in [3.05, 3.63) is 46.5 Å². The molecule has 2 amide bonds. The molecule has 1 aromatic heterocycles. The van der Waals surface area contributed by atoms with Gasteiger partial charge in [-0.05, 0) is 54.7 Å². The van der Waals surface area contributed by atoms with E-state index < -0.39 is 11.8 Å². The average Bonchev–Trinajstić information content (AvgIpc) is 3.58. The molecule has 1 unspecified atom stereocenters. The van der Waals surface area contributed by atoms with Crippen LogP contribution in [0, 0.1) is 12.3 Å². The fraction of sp³-hybridized carbons (Fsp3) is 0.346. The number of carbonyl (C=O) groups excluding carboxylic acids is 3. The van der Waals surface area contributed by atoms with E-state index in [1.54, 1.807) is 6.92 Å². The minimum atomic E-state index is -1.04. The number of aryl methyl sites for hydroxylation is 1. The third-order valence-electron chi connectivity index (χ3n) is 6.09. The molecule has 182 valence electrons.